The Labute approximate surface area is 161 Å². The Morgan fingerprint density at radius 3 is 2.93 bits per heavy atom. The van der Waals surface area contributed by atoms with E-state index in [-0.39, 0.29) is 30.2 Å². The molecule has 2 aromatic heterocycles. The highest BCUT2D eigenvalue weighted by molar-refractivity contribution is 5.78. The van der Waals surface area contributed by atoms with Crippen molar-refractivity contribution >= 4 is 5.91 Å². The van der Waals surface area contributed by atoms with E-state index in [1.807, 2.05) is 30.3 Å². The van der Waals surface area contributed by atoms with Crippen LogP contribution in [0.3, 0.4) is 0 Å². The fraction of sp³-hybridized carbons (Fsp3) is 0.300. The minimum absolute atomic E-state index is 0.0423. The lowest BCUT2D eigenvalue weighted by Crippen LogP contribution is -2.41. The van der Waals surface area contributed by atoms with Crippen LogP contribution in [0.1, 0.15) is 31.1 Å². The minimum atomic E-state index is -0.268. The lowest BCUT2D eigenvalue weighted by Gasteiger charge is -2.33. The van der Waals surface area contributed by atoms with Crippen molar-refractivity contribution in [1.82, 2.24) is 20.0 Å². The number of nitrogens with zero attached hydrogens (tertiary/aromatic N) is 4. The van der Waals surface area contributed by atoms with Crippen LogP contribution in [0.25, 0.3) is 11.6 Å². The monoisotopic (exact) mass is 380 g/mol. The number of pyridine rings is 1. The Balaban J connectivity index is 1.48. The van der Waals surface area contributed by atoms with Gasteiger partial charge in [0.2, 0.25) is 0 Å². The summed E-state index contributed by atoms with van der Waals surface area (Å²) in [6.07, 6.45) is 4.12. The molecule has 0 radical (unpaired) electrons. The van der Waals surface area contributed by atoms with Gasteiger partial charge in [0.15, 0.2) is 12.4 Å². The highest BCUT2D eigenvalue weighted by Crippen LogP contribution is 2.31. The summed E-state index contributed by atoms with van der Waals surface area (Å²) in [7, 11) is 0. The van der Waals surface area contributed by atoms with E-state index in [9.17, 15) is 9.90 Å². The first-order valence-corrected chi connectivity index (χ1v) is 9.17. The summed E-state index contributed by atoms with van der Waals surface area (Å²) in [5.74, 6) is 1.26. The van der Waals surface area contributed by atoms with Gasteiger partial charge in [0.05, 0.1) is 6.04 Å². The third-order valence-electron chi connectivity index (χ3n) is 4.63. The molecule has 1 amide bonds. The Morgan fingerprint density at radius 1 is 1.25 bits per heavy atom. The van der Waals surface area contributed by atoms with Gasteiger partial charge in [0.25, 0.3) is 11.8 Å². The first-order chi connectivity index (χ1) is 13.7. The third kappa shape index (κ3) is 3.95. The van der Waals surface area contributed by atoms with Crippen LogP contribution >= 0.6 is 0 Å². The van der Waals surface area contributed by atoms with Crippen molar-refractivity contribution in [2.75, 3.05) is 13.2 Å². The Bertz CT molecular complexity index is 944. The molecule has 1 aliphatic rings. The average Bonchev–Trinajstić information content (AvgIpc) is 3.23. The summed E-state index contributed by atoms with van der Waals surface area (Å²) in [4.78, 5) is 23.0. The smallest absolute Gasteiger partial charge is 0.276 e. The molecular weight excluding hydrogens is 360 g/mol. The van der Waals surface area contributed by atoms with Crippen molar-refractivity contribution < 1.29 is 19.2 Å². The standard InChI is InChI=1S/C20H20N4O4/c25-14-9-10-21-16(12-14)20-22-19(23-28-20)17-8-4-5-11-24(17)18(26)13-27-15-6-2-1-3-7-15/h1-3,6-7,9-10,12,17H,4-5,8,11,13H2,(H,21,25). The van der Waals surface area contributed by atoms with Crippen LogP contribution in [0.4, 0.5) is 0 Å². The number of amides is 1. The predicted octanol–water partition coefficient (Wildman–Crippen LogP) is 2.97. The molecule has 1 N–H and O–H groups in total. The number of likely N-dealkylation sites (tertiary alicyclic amines) is 1. The average molecular weight is 380 g/mol. The Hall–Kier alpha value is -3.42. The number of hydrogen-bond donors (Lipinski definition) is 1. The van der Waals surface area contributed by atoms with Crippen LogP contribution in [0.5, 0.6) is 11.5 Å². The first-order valence-electron chi connectivity index (χ1n) is 9.17. The lowest BCUT2D eigenvalue weighted by molar-refractivity contribution is -0.137. The molecule has 1 atom stereocenters. The molecule has 0 bridgehead atoms. The van der Waals surface area contributed by atoms with Gasteiger partial charge in [0.1, 0.15) is 17.2 Å². The van der Waals surface area contributed by atoms with Crippen LogP contribution < -0.4 is 4.74 Å². The summed E-state index contributed by atoms with van der Waals surface area (Å²) in [5, 5.41) is 13.7. The van der Waals surface area contributed by atoms with Gasteiger partial charge in [-0.3, -0.25) is 9.78 Å². The molecule has 0 spiro atoms. The summed E-state index contributed by atoms with van der Waals surface area (Å²) in [6.45, 7) is 0.579. The number of carbonyl (C=O) groups excluding carboxylic acids is 1. The molecule has 28 heavy (non-hydrogen) atoms. The fourth-order valence-corrected chi connectivity index (χ4v) is 3.25. The fourth-order valence-electron chi connectivity index (χ4n) is 3.25. The summed E-state index contributed by atoms with van der Waals surface area (Å²) in [5.41, 5.74) is 0.389. The number of benzene rings is 1. The van der Waals surface area contributed by atoms with Crippen LogP contribution in [0.15, 0.2) is 53.2 Å². The van der Waals surface area contributed by atoms with Gasteiger partial charge in [-0.1, -0.05) is 23.4 Å². The van der Waals surface area contributed by atoms with Gasteiger partial charge in [-0.25, -0.2) is 0 Å². The van der Waals surface area contributed by atoms with Crippen molar-refractivity contribution in [3.63, 3.8) is 0 Å². The molecule has 1 fully saturated rings. The summed E-state index contributed by atoms with van der Waals surface area (Å²) in [6, 6.07) is 11.9. The largest absolute Gasteiger partial charge is 0.508 e. The Morgan fingerprint density at radius 2 is 2.11 bits per heavy atom. The van der Waals surface area contributed by atoms with Gasteiger partial charge < -0.3 is 19.3 Å². The van der Waals surface area contributed by atoms with Gasteiger partial charge in [0, 0.05) is 18.8 Å². The zero-order chi connectivity index (χ0) is 19.3. The molecule has 8 heteroatoms. The highest BCUT2D eigenvalue weighted by Gasteiger charge is 2.32. The third-order valence-corrected chi connectivity index (χ3v) is 4.63. The first kappa shape index (κ1) is 18.0. The van der Waals surface area contributed by atoms with Crippen LogP contribution in [-0.2, 0) is 4.79 Å². The number of rotatable bonds is 5. The number of ether oxygens (including phenoxy) is 1. The zero-order valence-electron chi connectivity index (χ0n) is 15.2. The normalized spacial score (nSPS) is 16.7. The Kier molecular flexibility index (Phi) is 5.18. The molecule has 4 rings (SSSR count). The van der Waals surface area contributed by atoms with Crippen molar-refractivity contribution in [3.8, 4) is 23.1 Å². The van der Waals surface area contributed by atoms with E-state index < -0.39 is 0 Å². The molecule has 1 aromatic carbocycles. The maximum atomic E-state index is 12.7. The zero-order valence-corrected chi connectivity index (χ0v) is 15.2. The van der Waals surface area contributed by atoms with Crippen molar-refractivity contribution in [3.05, 3.63) is 54.5 Å². The second-order valence-electron chi connectivity index (χ2n) is 6.56. The van der Waals surface area contributed by atoms with Crippen LogP contribution in [0.2, 0.25) is 0 Å². The number of aromatic hydroxyl groups is 1. The highest BCUT2D eigenvalue weighted by atomic mass is 16.5. The van der Waals surface area contributed by atoms with Gasteiger partial charge in [-0.15, -0.1) is 0 Å². The van der Waals surface area contributed by atoms with Crippen LogP contribution in [-0.4, -0.2) is 44.2 Å². The maximum Gasteiger partial charge on any atom is 0.276 e. The molecular formula is C20H20N4O4. The molecule has 144 valence electrons. The van der Waals surface area contributed by atoms with Crippen LogP contribution in [0, 0.1) is 0 Å². The molecule has 1 aliphatic heterocycles. The second-order valence-corrected chi connectivity index (χ2v) is 6.56. The number of carbonyl (C=O) groups is 1. The second kappa shape index (κ2) is 8.08. The van der Waals surface area contributed by atoms with Gasteiger partial charge in [-0.2, -0.15) is 4.98 Å². The topological polar surface area (TPSA) is 102 Å². The molecule has 8 nitrogen and oxygen atoms in total. The minimum Gasteiger partial charge on any atom is -0.508 e. The molecule has 1 unspecified atom stereocenters. The number of aromatic nitrogens is 3. The number of hydrogen-bond acceptors (Lipinski definition) is 7. The SMILES string of the molecule is O=C(COc1ccccc1)N1CCCCC1c1noc(-c2cc(O)ccn2)n1. The lowest BCUT2D eigenvalue weighted by atomic mass is 10.0. The molecule has 0 aliphatic carbocycles. The summed E-state index contributed by atoms with van der Waals surface area (Å²) < 4.78 is 10.9. The van der Waals surface area contributed by atoms with Gasteiger partial charge >= 0.3 is 0 Å². The van der Waals surface area contributed by atoms with Crippen molar-refractivity contribution in [2.45, 2.75) is 25.3 Å². The van der Waals surface area contributed by atoms with Gasteiger partial charge in [-0.05, 0) is 37.5 Å². The quantitative estimate of drug-likeness (QED) is 0.726. The van der Waals surface area contributed by atoms with E-state index in [4.69, 9.17) is 9.26 Å². The molecule has 0 saturated carbocycles. The predicted molar refractivity (Wildman–Crippen MR) is 99.4 cm³/mol. The van der Waals surface area contributed by atoms with Crippen molar-refractivity contribution in [1.29, 1.82) is 0 Å². The summed E-state index contributed by atoms with van der Waals surface area (Å²) >= 11 is 0. The number of piperidine rings is 1. The van der Waals surface area contributed by atoms with Crippen molar-refractivity contribution in [2.24, 2.45) is 0 Å². The maximum absolute atomic E-state index is 12.7. The van der Waals surface area contributed by atoms with E-state index in [0.29, 0.717) is 23.8 Å². The number of para-hydroxylation sites is 1. The molecule has 3 aromatic rings. The van der Waals surface area contributed by atoms with E-state index in [1.165, 1.54) is 18.3 Å². The van der Waals surface area contributed by atoms with E-state index in [1.54, 1.807) is 4.90 Å². The van der Waals surface area contributed by atoms with E-state index >= 15 is 0 Å². The van der Waals surface area contributed by atoms with E-state index in [0.717, 1.165) is 19.3 Å². The molecule has 3 heterocycles. The molecule has 1 saturated heterocycles. The van der Waals surface area contributed by atoms with E-state index in [2.05, 4.69) is 15.1 Å².